The minimum Gasteiger partial charge on any atom is -0.398 e. The van der Waals surface area contributed by atoms with Crippen LogP contribution in [0.2, 0.25) is 0 Å². The van der Waals surface area contributed by atoms with Gasteiger partial charge in [0, 0.05) is 24.4 Å². The fourth-order valence-electron chi connectivity index (χ4n) is 1.63. The summed E-state index contributed by atoms with van der Waals surface area (Å²) in [4.78, 5) is 11.9. The Morgan fingerprint density at radius 3 is 2.71 bits per heavy atom. The fraction of sp³-hybridized carbons (Fsp3) is 0.500. The molecule has 118 valence electrons. The van der Waals surface area contributed by atoms with Gasteiger partial charge in [0.05, 0.1) is 0 Å². The van der Waals surface area contributed by atoms with Crippen molar-refractivity contribution in [3.05, 3.63) is 23.8 Å². The number of hydrogen-bond donors (Lipinski definition) is 2. The third kappa shape index (κ3) is 6.03. The van der Waals surface area contributed by atoms with E-state index in [4.69, 9.17) is 10.5 Å². The molecule has 0 aliphatic carbocycles. The van der Waals surface area contributed by atoms with Gasteiger partial charge in [-0.15, -0.1) is 0 Å². The number of anilines is 2. The number of benzene rings is 1. The topological polar surface area (TPSA) is 64.3 Å². The van der Waals surface area contributed by atoms with Gasteiger partial charge >= 0.3 is 6.18 Å². The van der Waals surface area contributed by atoms with Crippen molar-refractivity contribution in [3.8, 4) is 0 Å². The summed E-state index contributed by atoms with van der Waals surface area (Å²) < 4.78 is 41.0. The molecule has 21 heavy (non-hydrogen) atoms. The predicted molar refractivity (Wildman–Crippen MR) is 74.9 cm³/mol. The predicted octanol–water partition coefficient (Wildman–Crippen LogP) is 3.26. The van der Waals surface area contributed by atoms with Crippen LogP contribution in [0.5, 0.6) is 0 Å². The molecule has 0 bridgehead atoms. The molecule has 1 aromatic carbocycles. The number of nitrogens with two attached hydrogens (primary N) is 1. The van der Waals surface area contributed by atoms with Gasteiger partial charge in [0.2, 0.25) is 0 Å². The van der Waals surface area contributed by atoms with Crippen LogP contribution in [0.15, 0.2) is 18.2 Å². The van der Waals surface area contributed by atoms with Crippen molar-refractivity contribution in [1.82, 2.24) is 0 Å². The van der Waals surface area contributed by atoms with Gasteiger partial charge in [0.15, 0.2) is 0 Å². The van der Waals surface area contributed by atoms with Crippen molar-refractivity contribution < 1.29 is 22.7 Å². The lowest BCUT2D eigenvalue weighted by Crippen LogP contribution is -2.28. The van der Waals surface area contributed by atoms with Crippen molar-refractivity contribution >= 4 is 17.3 Å². The third-order valence-electron chi connectivity index (χ3n) is 2.98. The van der Waals surface area contributed by atoms with Crippen LogP contribution in [0.1, 0.15) is 25.3 Å². The molecule has 1 aromatic rings. The van der Waals surface area contributed by atoms with Gasteiger partial charge in [-0.05, 0) is 38.0 Å². The largest absolute Gasteiger partial charge is 0.398 e. The number of carbonyl (C=O) groups excluding carboxylic acids is 1. The minimum absolute atomic E-state index is 0.121. The number of rotatable bonds is 6. The molecule has 1 atom stereocenters. The van der Waals surface area contributed by atoms with E-state index >= 15 is 0 Å². The molecule has 1 amide bonds. The second-order valence-corrected chi connectivity index (χ2v) is 4.74. The Labute approximate surface area is 121 Å². The molecule has 0 aliphatic heterocycles. The maximum atomic E-state index is 12.0. The van der Waals surface area contributed by atoms with Gasteiger partial charge in [-0.3, -0.25) is 4.79 Å². The van der Waals surface area contributed by atoms with E-state index < -0.39 is 24.6 Å². The summed E-state index contributed by atoms with van der Waals surface area (Å²) in [5.41, 5.74) is 7.56. The molecule has 0 aromatic heterocycles. The molecule has 0 radical (unpaired) electrons. The molecule has 1 rings (SSSR count). The first kappa shape index (κ1) is 17.3. The lowest BCUT2D eigenvalue weighted by Gasteiger charge is -2.15. The van der Waals surface area contributed by atoms with Gasteiger partial charge in [-0.2, -0.15) is 13.2 Å². The van der Waals surface area contributed by atoms with E-state index in [9.17, 15) is 18.0 Å². The molecule has 1 unspecified atom stereocenters. The Balaban J connectivity index is 2.43. The van der Waals surface area contributed by atoms with Gasteiger partial charge in [-0.1, -0.05) is 6.07 Å². The first-order chi connectivity index (χ1) is 9.70. The average Bonchev–Trinajstić information content (AvgIpc) is 2.38. The standard InChI is InChI=1S/C14H19F3N2O2/c1-9-11(18)5-3-6-12(9)19-13(20)10(2)21-8-4-7-14(15,16)17/h3,5-6,10H,4,7-8,18H2,1-2H3,(H,19,20). The summed E-state index contributed by atoms with van der Waals surface area (Å²) >= 11 is 0. The van der Waals surface area contributed by atoms with E-state index in [0.717, 1.165) is 5.56 Å². The molecule has 0 fully saturated rings. The zero-order chi connectivity index (χ0) is 16.0. The van der Waals surface area contributed by atoms with E-state index in [0.29, 0.717) is 11.4 Å². The van der Waals surface area contributed by atoms with Crippen LogP contribution in [0.3, 0.4) is 0 Å². The van der Waals surface area contributed by atoms with Crippen molar-refractivity contribution in [3.63, 3.8) is 0 Å². The van der Waals surface area contributed by atoms with Crippen LogP contribution in [-0.4, -0.2) is 24.8 Å². The van der Waals surface area contributed by atoms with Crippen LogP contribution < -0.4 is 11.1 Å². The van der Waals surface area contributed by atoms with E-state index in [1.165, 1.54) is 6.92 Å². The zero-order valence-corrected chi connectivity index (χ0v) is 12.0. The molecule has 0 spiro atoms. The SMILES string of the molecule is Cc1c(N)cccc1NC(=O)C(C)OCCCC(F)(F)F. The smallest absolute Gasteiger partial charge is 0.389 e. The summed E-state index contributed by atoms with van der Waals surface area (Å²) in [5, 5.41) is 2.64. The second kappa shape index (κ2) is 7.31. The number of carbonyl (C=O) groups is 1. The maximum Gasteiger partial charge on any atom is 0.389 e. The number of ether oxygens (including phenoxy) is 1. The molecular formula is C14H19F3N2O2. The zero-order valence-electron chi connectivity index (χ0n) is 12.0. The lowest BCUT2D eigenvalue weighted by molar-refractivity contribution is -0.140. The van der Waals surface area contributed by atoms with E-state index in [1.807, 2.05) is 0 Å². The third-order valence-corrected chi connectivity index (χ3v) is 2.98. The van der Waals surface area contributed by atoms with Crippen LogP contribution in [0.25, 0.3) is 0 Å². The monoisotopic (exact) mass is 304 g/mol. The van der Waals surface area contributed by atoms with Crippen molar-refractivity contribution in [1.29, 1.82) is 0 Å². The quantitative estimate of drug-likeness (QED) is 0.626. The first-order valence-electron chi connectivity index (χ1n) is 6.55. The highest BCUT2D eigenvalue weighted by molar-refractivity contribution is 5.95. The molecule has 0 saturated heterocycles. The molecule has 0 saturated carbocycles. The van der Waals surface area contributed by atoms with Crippen LogP contribution >= 0.6 is 0 Å². The first-order valence-corrected chi connectivity index (χ1v) is 6.55. The van der Waals surface area contributed by atoms with Gasteiger partial charge in [0.25, 0.3) is 5.91 Å². The van der Waals surface area contributed by atoms with Crippen LogP contribution in [0.4, 0.5) is 24.5 Å². The van der Waals surface area contributed by atoms with Crippen LogP contribution in [0, 0.1) is 6.92 Å². The Morgan fingerprint density at radius 1 is 1.43 bits per heavy atom. The van der Waals surface area contributed by atoms with Gasteiger partial charge in [0.1, 0.15) is 6.10 Å². The van der Waals surface area contributed by atoms with Gasteiger partial charge in [-0.25, -0.2) is 0 Å². The van der Waals surface area contributed by atoms with E-state index in [-0.39, 0.29) is 13.0 Å². The van der Waals surface area contributed by atoms with Crippen molar-refractivity contribution in [2.24, 2.45) is 0 Å². The maximum absolute atomic E-state index is 12.0. The van der Waals surface area contributed by atoms with E-state index in [1.54, 1.807) is 25.1 Å². The summed E-state index contributed by atoms with van der Waals surface area (Å²) in [5.74, 6) is -0.421. The highest BCUT2D eigenvalue weighted by Gasteiger charge is 2.26. The molecular weight excluding hydrogens is 285 g/mol. The number of halogens is 3. The number of hydrogen-bond acceptors (Lipinski definition) is 3. The molecule has 4 nitrogen and oxygen atoms in total. The lowest BCUT2D eigenvalue weighted by atomic mass is 10.1. The van der Waals surface area contributed by atoms with Crippen molar-refractivity contribution in [2.45, 2.75) is 39.0 Å². The summed E-state index contributed by atoms with van der Waals surface area (Å²) in [7, 11) is 0. The number of amides is 1. The number of nitrogens with one attached hydrogen (secondary N) is 1. The molecule has 0 aliphatic rings. The Bertz CT molecular complexity index is 490. The summed E-state index contributed by atoms with van der Waals surface area (Å²) in [6.07, 6.45) is -6.12. The number of nitrogen functional groups attached to an aromatic ring is 1. The summed E-state index contributed by atoms with van der Waals surface area (Å²) in [6, 6.07) is 5.11. The van der Waals surface area contributed by atoms with E-state index in [2.05, 4.69) is 5.32 Å². The molecule has 0 heterocycles. The Kier molecular flexibility index (Phi) is 6.02. The molecule has 7 heteroatoms. The highest BCUT2D eigenvalue weighted by Crippen LogP contribution is 2.22. The highest BCUT2D eigenvalue weighted by atomic mass is 19.4. The molecule has 3 N–H and O–H groups in total. The average molecular weight is 304 g/mol. The fourth-order valence-corrected chi connectivity index (χ4v) is 1.63. The van der Waals surface area contributed by atoms with Crippen LogP contribution in [-0.2, 0) is 9.53 Å². The minimum atomic E-state index is -4.20. The van der Waals surface area contributed by atoms with Crippen molar-refractivity contribution in [2.75, 3.05) is 17.7 Å². The summed E-state index contributed by atoms with van der Waals surface area (Å²) in [6.45, 7) is 3.13. The Morgan fingerprint density at radius 2 is 2.10 bits per heavy atom. The second-order valence-electron chi connectivity index (χ2n) is 4.74. The van der Waals surface area contributed by atoms with Gasteiger partial charge < -0.3 is 15.8 Å². The Hall–Kier alpha value is -1.76. The normalized spacial score (nSPS) is 13.0. The number of alkyl halides is 3.